The average Bonchev–Trinajstić information content (AvgIpc) is 4.19. The van der Waals surface area contributed by atoms with E-state index in [2.05, 4.69) is 36.7 Å². The molecule has 17 nitrogen and oxygen atoms in total. The van der Waals surface area contributed by atoms with Crippen LogP contribution in [-0.2, 0) is 27.8 Å². The van der Waals surface area contributed by atoms with E-state index in [-0.39, 0.29) is 94.4 Å². The molecule has 5 aliphatic heterocycles. The quantitative estimate of drug-likeness (QED) is 0.0377. The fraction of sp³-hybridized carbons (Fsp3) is 0.491. The molecule has 6 aromatic rings. The number of piperazine rings is 1. The van der Waals surface area contributed by atoms with Gasteiger partial charge in [-0.1, -0.05) is 50.2 Å². The number of phenols is 1. The van der Waals surface area contributed by atoms with Gasteiger partial charge in [-0.05, 0) is 112 Å². The molecule has 3 unspecified atom stereocenters. The number of aryl methyl sites for hydroxylation is 2. The molecule has 0 saturated carbocycles. The highest BCUT2D eigenvalue weighted by molar-refractivity contribution is 6.03. The molecular formula is C57H64F2N10O7. The highest BCUT2D eigenvalue weighted by Crippen LogP contribution is 2.44. The first-order chi connectivity index (χ1) is 36.9. The second-order valence-electron chi connectivity index (χ2n) is 21.5. The standard InChI is InChI=1S/C57H64F2N10O7/c1-3-40-43(58)17-14-35-27-39(70)28-41(48(35)40)50-49(59)51-42(29-61-50)52(67-30-36-15-16-37(31-67)62-36)65-54(64-51)76-33-57-22-11-25-68(57)38(21-23-57)32-75-55(73)60-24-10-8-6-4-5-7-9-12-34-13-18-44-46(26-34)66(2)56(74)69(44)45-19-20-47(71)63-53(45)72/h1,13-14,17-18,26-29,36-38,45,62,70H,4-12,15-16,19-25,30-33H2,2H3,(H,60,73)(H,63,71,72)/t36?,37?,38-,45?,57-/m0/s1. The molecule has 398 valence electrons. The first-order valence-electron chi connectivity index (χ1n) is 27.0. The van der Waals surface area contributed by atoms with Gasteiger partial charge in [0, 0.05) is 68.4 Å². The summed E-state index contributed by atoms with van der Waals surface area (Å²) in [4.78, 5) is 68.9. The Hall–Kier alpha value is -7.17. The molecular weight excluding hydrogens is 975 g/mol. The molecule has 5 fully saturated rings. The minimum Gasteiger partial charge on any atom is -0.508 e. The Balaban J connectivity index is 0.657. The van der Waals surface area contributed by atoms with Crippen molar-refractivity contribution in [2.45, 2.75) is 132 Å². The maximum absolute atomic E-state index is 17.2. The zero-order valence-corrected chi connectivity index (χ0v) is 42.8. The highest BCUT2D eigenvalue weighted by Gasteiger charge is 2.50. The van der Waals surface area contributed by atoms with E-state index in [0.717, 1.165) is 108 Å². The average molecular weight is 1040 g/mol. The number of amides is 3. The number of imidazole rings is 1. The zero-order chi connectivity index (χ0) is 52.7. The van der Waals surface area contributed by atoms with Crippen molar-refractivity contribution in [3.8, 4) is 35.4 Å². The number of unbranched alkanes of at least 4 members (excludes halogenated alkanes) is 6. The molecule has 3 aromatic heterocycles. The Morgan fingerprint density at radius 1 is 0.947 bits per heavy atom. The number of fused-ring (bicyclic) bond motifs is 6. The lowest BCUT2D eigenvalue weighted by Gasteiger charge is -2.35. The number of piperidine rings is 1. The number of pyridine rings is 1. The largest absolute Gasteiger partial charge is 0.508 e. The number of carbonyl (C=O) groups excluding carboxylic acids is 3. The van der Waals surface area contributed by atoms with Crippen LogP contribution in [0.2, 0.25) is 0 Å². The molecule has 5 aliphatic rings. The molecule has 3 aromatic carbocycles. The second kappa shape index (κ2) is 21.5. The normalized spacial score (nSPS) is 22.4. The molecule has 0 aliphatic carbocycles. The molecule has 4 N–H and O–H groups in total. The number of rotatable bonds is 18. The van der Waals surface area contributed by atoms with E-state index >= 15 is 8.78 Å². The topological polar surface area (TPSA) is 198 Å². The van der Waals surface area contributed by atoms with Gasteiger partial charge in [0.05, 0.1) is 27.5 Å². The molecule has 2 bridgehead atoms. The molecule has 19 heteroatoms. The second-order valence-corrected chi connectivity index (χ2v) is 21.5. The van der Waals surface area contributed by atoms with Crippen molar-refractivity contribution in [2.75, 3.05) is 44.3 Å². The SMILES string of the molecule is C#Cc1c(F)ccc2cc(O)cc(-c3ncc4c(N5CC6CCC(C5)N6)nc(OC[C@@]56CCCN5[C@H](COC(=O)NCCCCCCCCCc5ccc7c(c5)n(C)c(=O)n7C5CCC(=O)NC5=O)CC6)nc4c3F)c12. The van der Waals surface area contributed by atoms with Crippen molar-refractivity contribution in [2.24, 2.45) is 7.05 Å². The summed E-state index contributed by atoms with van der Waals surface area (Å²) in [5.41, 5.74) is 1.95. The number of carbonyl (C=O) groups is 3. The molecule has 0 radical (unpaired) electrons. The maximum Gasteiger partial charge on any atom is 0.407 e. The summed E-state index contributed by atoms with van der Waals surface area (Å²) in [7, 11) is 1.71. The number of hydrogen-bond donors (Lipinski definition) is 4. The lowest BCUT2D eigenvalue weighted by Crippen LogP contribution is -2.51. The summed E-state index contributed by atoms with van der Waals surface area (Å²) in [6.07, 6.45) is 21.1. The van der Waals surface area contributed by atoms with Crippen molar-refractivity contribution in [3.63, 3.8) is 0 Å². The lowest BCUT2D eigenvalue weighted by molar-refractivity contribution is -0.135. The van der Waals surface area contributed by atoms with Crippen molar-refractivity contribution >= 4 is 56.4 Å². The van der Waals surface area contributed by atoms with E-state index in [0.29, 0.717) is 48.2 Å². The van der Waals surface area contributed by atoms with Crippen LogP contribution in [0.4, 0.5) is 19.4 Å². The smallest absolute Gasteiger partial charge is 0.407 e. The number of anilines is 1. The van der Waals surface area contributed by atoms with Crippen LogP contribution in [0.3, 0.4) is 0 Å². The van der Waals surface area contributed by atoms with Gasteiger partial charge in [0.2, 0.25) is 11.8 Å². The number of imide groups is 1. The molecule has 8 heterocycles. The van der Waals surface area contributed by atoms with Crippen LogP contribution in [0.5, 0.6) is 11.8 Å². The van der Waals surface area contributed by atoms with E-state index in [4.69, 9.17) is 25.9 Å². The molecule has 11 rings (SSSR count). The number of aromatic hydroxyl groups is 1. The summed E-state index contributed by atoms with van der Waals surface area (Å²) in [5.74, 6) is 0.611. The van der Waals surface area contributed by atoms with Gasteiger partial charge >= 0.3 is 17.8 Å². The number of ether oxygens (including phenoxy) is 2. The predicted octanol–water partition coefficient (Wildman–Crippen LogP) is 7.46. The number of phenolic OH excluding ortho intramolecular Hbond substituents is 1. The van der Waals surface area contributed by atoms with Crippen LogP contribution in [0.1, 0.15) is 113 Å². The van der Waals surface area contributed by atoms with Crippen molar-refractivity contribution in [3.05, 3.63) is 81.9 Å². The van der Waals surface area contributed by atoms with Gasteiger partial charge in [0.25, 0.3) is 0 Å². The predicted molar refractivity (Wildman–Crippen MR) is 283 cm³/mol. The third-order valence-electron chi connectivity index (χ3n) is 16.6. The van der Waals surface area contributed by atoms with Gasteiger partial charge in [0.1, 0.15) is 47.9 Å². The van der Waals surface area contributed by atoms with E-state index < -0.39 is 29.7 Å². The third-order valence-corrected chi connectivity index (χ3v) is 16.6. The number of terminal acetylenes is 1. The Morgan fingerprint density at radius 3 is 2.53 bits per heavy atom. The van der Waals surface area contributed by atoms with Crippen LogP contribution in [0, 0.1) is 24.0 Å². The zero-order valence-electron chi connectivity index (χ0n) is 42.8. The monoisotopic (exact) mass is 1040 g/mol. The summed E-state index contributed by atoms with van der Waals surface area (Å²) in [6.45, 7) is 3.23. The Morgan fingerprint density at radius 2 is 1.74 bits per heavy atom. The summed E-state index contributed by atoms with van der Waals surface area (Å²) in [6, 6.07) is 11.3. The lowest BCUT2D eigenvalue weighted by atomic mass is 9.95. The number of halogens is 2. The number of nitrogens with one attached hydrogen (secondary N) is 3. The van der Waals surface area contributed by atoms with Gasteiger partial charge < -0.3 is 30.1 Å². The Bertz CT molecular complexity index is 3340. The minimum absolute atomic E-state index is 0.00580. The summed E-state index contributed by atoms with van der Waals surface area (Å²) < 4.78 is 47.7. The van der Waals surface area contributed by atoms with Crippen molar-refractivity contribution in [1.82, 2.24) is 44.9 Å². The molecule has 3 amide bonds. The van der Waals surface area contributed by atoms with Gasteiger partial charge in [-0.3, -0.25) is 33.9 Å². The van der Waals surface area contributed by atoms with Crippen molar-refractivity contribution in [1.29, 1.82) is 0 Å². The number of alkyl carbamates (subject to hydrolysis) is 1. The number of nitrogens with zero attached hydrogens (tertiary/aromatic N) is 7. The van der Waals surface area contributed by atoms with Crippen LogP contribution in [0.15, 0.2) is 53.5 Å². The minimum atomic E-state index is -0.768. The van der Waals surface area contributed by atoms with Crippen molar-refractivity contribution < 1.29 is 37.7 Å². The number of aromatic nitrogens is 5. The maximum atomic E-state index is 17.2. The van der Waals surface area contributed by atoms with E-state index in [1.165, 1.54) is 35.0 Å². The van der Waals surface area contributed by atoms with Crippen LogP contribution < -0.4 is 31.3 Å². The fourth-order valence-electron chi connectivity index (χ4n) is 12.8. The van der Waals surface area contributed by atoms with Crippen LogP contribution >= 0.6 is 0 Å². The Kier molecular flexibility index (Phi) is 14.4. The molecule has 76 heavy (non-hydrogen) atoms. The number of hydrogen-bond acceptors (Lipinski definition) is 13. The third kappa shape index (κ3) is 9.92. The van der Waals surface area contributed by atoms with Crippen LogP contribution in [-0.4, -0.2) is 115 Å². The molecule has 5 atom stereocenters. The van der Waals surface area contributed by atoms with Gasteiger partial charge in [-0.2, -0.15) is 9.97 Å². The van der Waals surface area contributed by atoms with Gasteiger partial charge in [-0.15, -0.1) is 6.42 Å². The van der Waals surface area contributed by atoms with E-state index in [1.807, 2.05) is 18.2 Å². The van der Waals surface area contributed by atoms with E-state index in [9.17, 15) is 24.3 Å². The first kappa shape index (κ1) is 51.0. The summed E-state index contributed by atoms with van der Waals surface area (Å²) in [5, 5.41) is 20.8. The first-order valence-corrected chi connectivity index (χ1v) is 27.0. The van der Waals surface area contributed by atoms with Gasteiger partial charge in [0.15, 0.2) is 5.82 Å². The summed E-state index contributed by atoms with van der Waals surface area (Å²) >= 11 is 0. The highest BCUT2D eigenvalue weighted by atomic mass is 19.1. The van der Waals surface area contributed by atoms with Crippen LogP contribution in [0.25, 0.3) is 44.0 Å². The van der Waals surface area contributed by atoms with E-state index in [1.54, 1.807) is 11.6 Å². The Labute approximate surface area is 438 Å². The fourth-order valence-corrected chi connectivity index (χ4v) is 12.8. The number of benzene rings is 3. The molecule has 5 saturated heterocycles. The molecule has 0 spiro atoms. The van der Waals surface area contributed by atoms with Gasteiger partial charge in [-0.25, -0.2) is 18.4 Å².